The van der Waals surface area contributed by atoms with Gasteiger partial charge in [0.1, 0.15) is 0 Å². The molecule has 1 rings (SSSR count). The normalized spacial score (nSPS) is 34.5. The van der Waals surface area contributed by atoms with Crippen LogP contribution >= 0.6 is 0 Å². The van der Waals surface area contributed by atoms with Crippen LogP contribution in [-0.4, -0.2) is 36.7 Å². The monoisotopic (exact) mass is 186 g/mol. The van der Waals surface area contributed by atoms with Gasteiger partial charge in [0.25, 0.3) is 0 Å². The molecule has 1 saturated heterocycles. The molecule has 3 unspecified atom stereocenters. The molecular weight excluding hydrogens is 168 g/mol. The second-order valence-corrected chi connectivity index (χ2v) is 3.72. The standard InChI is InChI=1S/C9H18N2O2/c1-6-7(2)11(9(12)13-3)5-4-8(6)10/h6-8H,4-5,10H2,1-3H3. The Hall–Kier alpha value is -0.770. The van der Waals surface area contributed by atoms with E-state index < -0.39 is 0 Å². The Morgan fingerprint density at radius 3 is 2.69 bits per heavy atom. The fraction of sp³-hybridized carbons (Fsp3) is 0.889. The van der Waals surface area contributed by atoms with Gasteiger partial charge in [-0.25, -0.2) is 4.79 Å². The van der Waals surface area contributed by atoms with E-state index in [0.29, 0.717) is 12.5 Å². The van der Waals surface area contributed by atoms with Gasteiger partial charge < -0.3 is 15.4 Å². The summed E-state index contributed by atoms with van der Waals surface area (Å²) in [5, 5.41) is 0. The summed E-state index contributed by atoms with van der Waals surface area (Å²) in [7, 11) is 1.41. The number of nitrogens with two attached hydrogens (primary N) is 1. The molecule has 0 spiro atoms. The van der Waals surface area contributed by atoms with E-state index in [1.807, 2.05) is 6.92 Å². The average molecular weight is 186 g/mol. The Morgan fingerprint density at radius 1 is 1.54 bits per heavy atom. The first kappa shape index (κ1) is 10.3. The zero-order valence-electron chi connectivity index (χ0n) is 8.49. The quantitative estimate of drug-likeness (QED) is 0.609. The minimum atomic E-state index is -0.244. The number of hydrogen-bond acceptors (Lipinski definition) is 3. The highest BCUT2D eigenvalue weighted by Gasteiger charge is 2.33. The summed E-state index contributed by atoms with van der Waals surface area (Å²) in [4.78, 5) is 13.0. The molecule has 1 amide bonds. The zero-order valence-corrected chi connectivity index (χ0v) is 8.49. The number of amides is 1. The molecule has 0 radical (unpaired) electrons. The van der Waals surface area contributed by atoms with Gasteiger partial charge in [-0.3, -0.25) is 0 Å². The van der Waals surface area contributed by atoms with Crippen molar-refractivity contribution in [3.63, 3.8) is 0 Å². The van der Waals surface area contributed by atoms with E-state index in [1.165, 1.54) is 7.11 Å². The van der Waals surface area contributed by atoms with Crippen LogP contribution < -0.4 is 5.73 Å². The highest BCUT2D eigenvalue weighted by Crippen LogP contribution is 2.22. The van der Waals surface area contributed by atoms with E-state index in [4.69, 9.17) is 5.73 Å². The molecule has 4 nitrogen and oxygen atoms in total. The minimum Gasteiger partial charge on any atom is -0.453 e. The molecule has 76 valence electrons. The van der Waals surface area contributed by atoms with Crippen molar-refractivity contribution in [3.05, 3.63) is 0 Å². The summed E-state index contributed by atoms with van der Waals surface area (Å²) >= 11 is 0. The van der Waals surface area contributed by atoms with Crippen LogP contribution in [0.2, 0.25) is 0 Å². The molecule has 0 aliphatic carbocycles. The third-order valence-electron chi connectivity index (χ3n) is 3.04. The first-order valence-electron chi connectivity index (χ1n) is 4.68. The van der Waals surface area contributed by atoms with E-state index >= 15 is 0 Å². The van der Waals surface area contributed by atoms with Crippen LogP contribution in [0.5, 0.6) is 0 Å². The fourth-order valence-corrected chi connectivity index (χ4v) is 1.77. The van der Waals surface area contributed by atoms with Crippen LogP contribution in [0.15, 0.2) is 0 Å². The van der Waals surface area contributed by atoms with Crippen LogP contribution in [0.3, 0.4) is 0 Å². The predicted octanol–water partition coefficient (Wildman–Crippen LogP) is 0.810. The lowest BCUT2D eigenvalue weighted by molar-refractivity contribution is 0.0690. The molecule has 1 heterocycles. The summed E-state index contributed by atoms with van der Waals surface area (Å²) in [6, 6.07) is 0.382. The summed E-state index contributed by atoms with van der Waals surface area (Å²) < 4.78 is 4.69. The van der Waals surface area contributed by atoms with E-state index in [2.05, 4.69) is 11.7 Å². The smallest absolute Gasteiger partial charge is 0.409 e. The van der Waals surface area contributed by atoms with Gasteiger partial charge in [-0.15, -0.1) is 0 Å². The number of likely N-dealkylation sites (tertiary alicyclic amines) is 1. The number of carbonyl (C=O) groups is 1. The summed E-state index contributed by atoms with van der Waals surface area (Å²) in [5.74, 6) is 0.341. The van der Waals surface area contributed by atoms with E-state index in [-0.39, 0.29) is 18.2 Å². The van der Waals surface area contributed by atoms with Crippen LogP contribution in [-0.2, 0) is 4.74 Å². The second-order valence-electron chi connectivity index (χ2n) is 3.72. The zero-order chi connectivity index (χ0) is 10.0. The van der Waals surface area contributed by atoms with Gasteiger partial charge in [0, 0.05) is 18.6 Å². The maximum atomic E-state index is 11.3. The lowest BCUT2D eigenvalue weighted by Crippen LogP contribution is -2.53. The molecule has 1 aliphatic heterocycles. The van der Waals surface area contributed by atoms with Gasteiger partial charge in [0.15, 0.2) is 0 Å². The van der Waals surface area contributed by atoms with Crippen molar-refractivity contribution in [2.75, 3.05) is 13.7 Å². The first-order valence-corrected chi connectivity index (χ1v) is 4.68. The first-order chi connectivity index (χ1) is 6.07. The van der Waals surface area contributed by atoms with Crippen molar-refractivity contribution in [2.24, 2.45) is 11.7 Å². The Morgan fingerprint density at radius 2 is 2.15 bits per heavy atom. The Balaban J connectivity index is 2.63. The summed E-state index contributed by atoms with van der Waals surface area (Å²) in [6.07, 6.45) is 0.618. The molecule has 0 bridgehead atoms. The molecule has 0 aromatic rings. The van der Waals surface area contributed by atoms with Crippen LogP contribution in [0.1, 0.15) is 20.3 Å². The van der Waals surface area contributed by atoms with Gasteiger partial charge in [0.2, 0.25) is 0 Å². The molecule has 3 atom stereocenters. The highest BCUT2D eigenvalue weighted by atomic mass is 16.5. The Labute approximate surface area is 79.0 Å². The van der Waals surface area contributed by atoms with Gasteiger partial charge in [-0.05, 0) is 19.3 Å². The van der Waals surface area contributed by atoms with Gasteiger partial charge >= 0.3 is 6.09 Å². The maximum absolute atomic E-state index is 11.3. The molecule has 4 heteroatoms. The number of piperidine rings is 1. The Bertz CT molecular complexity index is 196. The lowest BCUT2D eigenvalue weighted by Gasteiger charge is -2.40. The third-order valence-corrected chi connectivity index (χ3v) is 3.04. The van der Waals surface area contributed by atoms with Crippen molar-refractivity contribution in [1.29, 1.82) is 0 Å². The average Bonchev–Trinajstić information content (AvgIpc) is 2.13. The second kappa shape index (κ2) is 3.96. The summed E-state index contributed by atoms with van der Waals surface area (Å²) in [6.45, 7) is 4.80. The molecule has 0 aromatic carbocycles. The maximum Gasteiger partial charge on any atom is 0.409 e. The van der Waals surface area contributed by atoms with Gasteiger partial charge in [-0.1, -0.05) is 6.92 Å². The van der Waals surface area contributed by atoms with Crippen molar-refractivity contribution in [3.8, 4) is 0 Å². The predicted molar refractivity (Wildman–Crippen MR) is 50.3 cm³/mol. The number of hydrogen-bond donors (Lipinski definition) is 1. The molecule has 1 fully saturated rings. The van der Waals surface area contributed by atoms with Crippen molar-refractivity contribution in [1.82, 2.24) is 4.90 Å². The molecule has 0 aromatic heterocycles. The molecule has 2 N–H and O–H groups in total. The number of carbonyl (C=O) groups excluding carboxylic acids is 1. The SMILES string of the molecule is COC(=O)N1CCC(N)C(C)C1C. The van der Waals surface area contributed by atoms with Crippen molar-refractivity contribution >= 4 is 6.09 Å². The fourth-order valence-electron chi connectivity index (χ4n) is 1.77. The lowest BCUT2D eigenvalue weighted by atomic mass is 9.88. The van der Waals surface area contributed by atoms with Gasteiger partial charge in [0.05, 0.1) is 7.11 Å². The molecule has 0 saturated carbocycles. The van der Waals surface area contributed by atoms with E-state index in [9.17, 15) is 4.79 Å². The molecule has 1 aliphatic rings. The number of ether oxygens (including phenoxy) is 1. The number of nitrogens with zero attached hydrogens (tertiary/aromatic N) is 1. The summed E-state index contributed by atoms with van der Waals surface area (Å²) in [5.41, 5.74) is 5.89. The minimum absolute atomic E-state index is 0.177. The van der Waals surface area contributed by atoms with E-state index in [0.717, 1.165) is 6.42 Å². The van der Waals surface area contributed by atoms with Crippen LogP contribution in [0.4, 0.5) is 4.79 Å². The van der Waals surface area contributed by atoms with Crippen LogP contribution in [0.25, 0.3) is 0 Å². The van der Waals surface area contributed by atoms with Crippen LogP contribution in [0, 0.1) is 5.92 Å². The number of methoxy groups -OCH3 is 1. The van der Waals surface area contributed by atoms with Crippen molar-refractivity contribution < 1.29 is 9.53 Å². The van der Waals surface area contributed by atoms with Crippen molar-refractivity contribution in [2.45, 2.75) is 32.4 Å². The molecule has 13 heavy (non-hydrogen) atoms. The Kier molecular flexibility index (Phi) is 3.14. The molecular formula is C9H18N2O2. The van der Waals surface area contributed by atoms with E-state index in [1.54, 1.807) is 4.90 Å². The topological polar surface area (TPSA) is 55.6 Å². The van der Waals surface area contributed by atoms with Gasteiger partial charge in [-0.2, -0.15) is 0 Å². The highest BCUT2D eigenvalue weighted by molar-refractivity contribution is 5.68. The number of rotatable bonds is 0. The largest absolute Gasteiger partial charge is 0.453 e. The third kappa shape index (κ3) is 1.94.